The van der Waals surface area contributed by atoms with E-state index in [1.54, 1.807) is 12.1 Å². The molecule has 0 unspecified atom stereocenters. The summed E-state index contributed by atoms with van der Waals surface area (Å²) in [5, 5.41) is 25.2. The van der Waals surface area contributed by atoms with Gasteiger partial charge < -0.3 is 27.7 Å². The standard InChI is InChI=1S/C7H6O3.AsH3O3.HNO2.2H3N.Pt/c8-6-4-2-1-3-5(6)7(9)10;2-1(3)4;2-1-3;;;/h1-4,8H,(H,9,10);2-4H;(H,2,3);2*1H3;/q;;;;;+4. The molecular formula is C7H16AsN3O8Pt+4. The van der Waals surface area contributed by atoms with Gasteiger partial charge in [0, 0.05) is 0 Å². The number of benzene rings is 1. The van der Waals surface area contributed by atoms with Gasteiger partial charge in [-0.05, 0) is 12.1 Å². The normalized spacial score (nSPS) is 7.00. The van der Waals surface area contributed by atoms with Gasteiger partial charge in [-0.25, -0.2) is 4.79 Å². The van der Waals surface area contributed by atoms with Crippen molar-refractivity contribution in [3.8, 4) is 5.75 Å². The minimum Gasteiger partial charge on any atom is 4.00 e. The van der Waals surface area contributed by atoms with E-state index in [0.717, 1.165) is 0 Å². The largest absolute Gasteiger partial charge is 4.00 e. The Bertz CT molecular complexity index is 354. The van der Waals surface area contributed by atoms with Gasteiger partial charge in [-0.3, -0.25) is 0 Å². The molecule has 0 saturated heterocycles. The van der Waals surface area contributed by atoms with Gasteiger partial charge in [0.15, 0.2) is 5.34 Å². The van der Waals surface area contributed by atoms with Crippen LogP contribution in [0, 0.1) is 4.91 Å². The molecule has 12 N–H and O–H groups in total. The molecule has 0 saturated carbocycles. The smallest absolute Gasteiger partial charge is 4.00 e. The first-order valence-corrected chi connectivity index (χ1v) is 6.23. The molecule has 0 amide bonds. The Labute approximate surface area is 133 Å². The summed E-state index contributed by atoms with van der Waals surface area (Å²) in [6.45, 7) is 0. The van der Waals surface area contributed by atoms with E-state index in [2.05, 4.69) is 0 Å². The van der Waals surface area contributed by atoms with Gasteiger partial charge in [0.25, 0.3) is 0 Å². The molecule has 0 aliphatic carbocycles. The number of nitrogens with zero attached hydrogens (tertiary/aromatic N) is 1. The molecule has 0 aliphatic heterocycles. The van der Waals surface area contributed by atoms with E-state index in [4.69, 9.17) is 32.6 Å². The molecule has 13 heteroatoms. The quantitative estimate of drug-likeness (QED) is 0.129. The summed E-state index contributed by atoms with van der Waals surface area (Å²) < 4.78 is 21.9. The summed E-state index contributed by atoms with van der Waals surface area (Å²) in [7, 11) is 0. The summed E-state index contributed by atoms with van der Waals surface area (Å²) >= 11 is -3.19. The fourth-order valence-corrected chi connectivity index (χ4v) is 0.654. The van der Waals surface area contributed by atoms with Crippen molar-refractivity contribution in [3.05, 3.63) is 34.7 Å². The summed E-state index contributed by atoms with van der Waals surface area (Å²) in [5.74, 6) is -1.31. The number of aromatic carboxylic acids is 1. The van der Waals surface area contributed by atoms with E-state index in [9.17, 15) is 4.79 Å². The number of carbonyl (C=O) groups is 1. The van der Waals surface area contributed by atoms with Gasteiger partial charge in [0.05, 0.1) is 0 Å². The molecule has 118 valence electrons. The second-order valence-electron chi connectivity index (χ2n) is 2.17. The van der Waals surface area contributed by atoms with Crippen molar-refractivity contribution >= 4 is 21.6 Å². The molecule has 0 atom stereocenters. The van der Waals surface area contributed by atoms with Gasteiger partial charge in [-0.15, -0.1) is 4.91 Å². The minimum absolute atomic E-state index is 0. The van der Waals surface area contributed by atoms with Crippen LogP contribution < -0.4 is 12.3 Å². The van der Waals surface area contributed by atoms with Gasteiger partial charge in [-0.2, -0.15) is 0 Å². The zero-order valence-corrected chi connectivity index (χ0v) is 14.1. The number of aromatic hydroxyl groups is 1. The average molecular weight is 540 g/mol. The Kier molecular flexibility index (Phi) is 31.8. The van der Waals surface area contributed by atoms with Crippen LogP contribution in [-0.4, -0.2) is 49.4 Å². The first-order valence-electron chi connectivity index (χ1n) is 3.71. The van der Waals surface area contributed by atoms with Crippen LogP contribution in [0.25, 0.3) is 0 Å². The Morgan fingerprint density at radius 2 is 1.40 bits per heavy atom. The number of hydrogen-bond acceptors (Lipinski definition) is 9. The third kappa shape index (κ3) is 22.1. The fraction of sp³-hybridized carbons (Fsp3) is 0. The Balaban J connectivity index is -0.0000000653. The first-order chi connectivity index (χ1) is 7.86. The van der Waals surface area contributed by atoms with Crippen LogP contribution in [0.5, 0.6) is 5.75 Å². The number of rotatable bonds is 1. The van der Waals surface area contributed by atoms with Crippen LogP contribution in [0.3, 0.4) is 0 Å². The van der Waals surface area contributed by atoms with Crippen molar-refractivity contribution in [1.29, 1.82) is 0 Å². The van der Waals surface area contributed by atoms with Crippen LogP contribution in [-0.2, 0) is 21.1 Å². The number of para-hydroxylation sites is 1. The molecule has 1 aromatic rings. The van der Waals surface area contributed by atoms with Crippen molar-refractivity contribution in [2.24, 2.45) is 5.34 Å². The maximum Gasteiger partial charge on any atom is 4.00 e. The minimum atomic E-state index is -3.19. The zero-order valence-electron chi connectivity index (χ0n) is 9.93. The van der Waals surface area contributed by atoms with Gasteiger partial charge >= 0.3 is 55.0 Å². The Hall–Kier alpha value is -1.06. The fourth-order valence-electron chi connectivity index (χ4n) is 0.654. The Morgan fingerprint density at radius 3 is 1.60 bits per heavy atom. The molecule has 0 aromatic heterocycles. The molecule has 0 fully saturated rings. The van der Waals surface area contributed by atoms with Gasteiger partial charge in [0.2, 0.25) is 0 Å². The van der Waals surface area contributed by atoms with Crippen molar-refractivity contribution < 1.29 is 53.6 Å². The van der Waals surface area contributed by atoms with E-state index in [0.29, 0.717) is 0 Å². The number of phenols is 1. The number of hydrogen-bond donors (Lipinski definition) is 8. The van der Waals surface area contributed by atoms with E-state index in [-0.39, 0.29) is 44.7 Å². The average Bonchev–Trinajstić information content (AvgIpc) is 2.18. The van der Waals surface area contributed by atoms with Crippen molar-refractivity contribution in [2.45, 2.75) is 0 Å². The topological polar surface area (TPSA) is 238 Å². The number of carboxylic acid groups (broad SMARTS) is 1. The van der Waals surface area contributed by atoms with Crippen LogP contribution in [0.2, 0.25) is 0 Å². The molecule has 1 rings (SSSR count). The molecule has 0 radical (unpaired) electrons. The van der Waals surface area contributed by atoms with Crippen molar-refractivity contribution in [2.75, 3.05) is 0 Å². The second-order valence-corrected chi connectivity index (χ2v) is 3.30. The second kappa shape index (κ2) is 20.3. The van der Waals surface area contributed by atoms with Crippen molar-refractivity contribution in [3.63, 3.8) is 0 Å². The molecule has 1 aromatic carbocycles. The summed E-state index contributed by atoms with van der Waals surface area (Å²) in [4.78, 5) is 18.4. The van der Waals surface area contributed by atoms with E-state index in [1.807, 2.05) is 0 Å². The van der Waals surface area contributed by atoms with Crippen LogP contribution >= 0.6 is 0 Å². The summed E-state index contributed by atoms with van der Waals surface area (Å²) in [6.07, 6.45) is 0. The molecular weight excluding hydrogens is 524 g/mol. The van der Waals surface area contributed by atoms with E-state index >= 15 is 0 Å². The van der Waals surface area contributed by atoms with Crippen LogP contribution in [0.15, 0.2) is 29.6 Å². The molecule has 0 spiro atoms. The molecule has 20 heavy (non-hydrogen) atoms. The summed E-state index contributed by atoms with van der Waals surface area (Å²) in [6, 6.07) is 5.81. The molecule has 0 aliphatic rings. The van der Waals surface area contributed by atoms with Crippen LogP contribution in [0.1, 0.15) is 10.4 Å². The maximum absolute atomic E-state index is 10.3. The maximum atomic E-state index is 10.3. The summed E-state index contributed by atoms with van der Waals surface area (Å²) in [5.41, 5.74) is -0.0671. The SMILES string of the molecule is N.N.O=C(O)c1ccccc1O.O=NO.O[As](O)O.[Pt+4]. The number of carboxylic acids is 1. The predicted octanol–water partition coefficient (Wildman–Crippen LogP) is -0.498. The molecule has 11 nitrogen and oxygen atoms in total. The van der Waals surface area contributed by atoms with Gasteiger partial charge in [-0.1, -0.05) is 12.1 Å². The molecule has 0 bridgehead atoms. The molecule has 0 heterocycles. The van der Waals surface area contributed by atoms with E-state index in [1.165, 1.54) is 17.5 Å². The van der Waals surface area contributed by atoms with Crippen molar-refractivity contribution in [1.82, 2.24) is 12.3 Å². The Morgan fingerprint density at radius 1 is 1.10 bits per heavy atom. The third-order valence-corrected chi connectivity index (χ3v) is 1.13. The third-order valence-electron chi connectivity index (χ3n) is 1.13. The van der Waals surface area contributed by atoms with Crippen LogP contribution in [0.4, 0.5) is 0 Å². The monoisotopic (exact) mass is 540 g/mol. The predicted molar refractivity (Wildman–Crippen MR) is 65.1 cm³/mol. The van der Waals surface area contributed by atoms with E-state index < -0.39 is 21.6 Å². The first kappa shape index (κ1) is 31.4. The van der Waals surface area contributed by atoms with Gasteiger partial charge in [0.1, 0.15) is 11.3 Å². The zero-order chi connectivity index (χ0) is 13.8.